The second-order valence-corrected chi connectivity index (χ2v) is 14.7. The van der Waals surface area contributed by atoms with E-state index in [0.29, 0.717) is 11.8 Å². The largest absolute Gasteiger partial charge is 0.290 e. The van der Waals surface area contributed by atoms with Crippen LogP contribution in [0.2, 0.25) is 0 Å². The molecule has 5 aromatic carbocycles. The summed E-state index contributed by atoms with van der Waals surface area (Å²) >= 11 is 1.83. The third-order valence-electron chi connectivity index (χ3n) is 10.5. The Labute approximate surface area is 284 Å². The van der Waals surface area contributed by atoms with Gasteiger partial charge in [-0.2, -0.15) is 0 Å². The van der Waals surface area contributed by atoms with Gasteiger partial charge in [-0.3, -0.25) is 4.40 Å². The van der Waals surface area contributed by atoms with Crippen LogP contribution in [0.1, 0.15) is 36.1 Å². The summed E-state index contributed by atoms with van der Waals surface area (Å²) in [6.07, 6.45) is 14.0. The van der Waals surface area contributed by atoms with Crippen molar-refractivity contribution in [2.45, 2.75) is 26.7 Å². The van der Waals surface area contributed by atoms with Crippen LogP contribution < -0.4 is 0 Å². The average Bonchev–Trinajstić information content (AvgIpc) is 3.66. The fraction of sp³-hybridized carbons (Fsp3) is 0.133. The van der Waals surface area contributed by atoms with E-state index in [9.17, 15) is 0 Å². The molecular weight excluding hydrogens is 601 g/mol. The molecule has 0 spiro atoms. The van der Waals surface area contributed by atoms with Crippen LogP contribution in [-0.2, 0) is 12.8 Å². The second kappa shape index (κ2) is 10.6. The van der Waals surface area contributed by atoms with Crippen molar-refractivity contribution in [3.8, 4) is 33.4 Å². The Morgan fingerprint density at radius 2 is 1.27 bits per heavy atom. The molecule has 2 unspecified atom stereocenters. The third-order valence-corrected chi connectivity index (χ3v) is 11.7. The molecule has 0 amide bonds. The van der Waals surface area contributed by atoms with Gasteiger partial charge < -0.3 is 0 Å². The van der Waals surface area contributed by atoms with Crippen LogP contribution in [0.4, 0.5) is 0 Å². The van der Waals surface area contributed by atoms with E-state index in [1.54, 1.807) is 0 Å². The number of rotatable bonds is 3. The van der Waals surface area contributed by atoms with Gasteiger partial charge in [0.15, 0.2) is 0 Å². The summed E-state index contributed by atoms with van der Waals surface area (Å²) < 4.78 is 3.60. The molecule has 3 heteroatoms. The van der Waals surface area contributed by atoms with Crippen molar-refractivity contribution in [2.75, 3.05) is 0 Å². The van der Waals surface area contributed by atoms with Gasteiger partial charge in [-0.25, -0.2) is 4.98 Å². The van der Waals surface area contributed by atoms with Gasteiger partial charge in [-0.15, -0.1) is 11.3 Å². The van der Waals surface area contributed by atoms with Crippen LogP contribution >= 0.6 is 11.3 Å². The van der Waals surface area contributed by atoms with Crippen molar-refractivity contribution in [3.05, 3.63) is 144 Å². The van der Waals surface area contributed by atoms with Crippen LogP contribution in [-0.4, -0.2) is 9.38 Å². The molecular formula is C45H34N2S. The highest BCUT2D eigenvalue weighted by Gasteiger charge is 2.27. The molecule has 0 N–H and O–H groups in total. The maximum Gasteiger partial charge on any atom is 0.138 e. The van der Waals surface area contributed by atoms with E-state index >= 15 is 0 Å². The van der Waals surface area contributed by atoms with Crippen LogP contribution in [0.5, 0.6) is 0 Å². The smallest absolute Gasteiger partial charge is 0.138 e. The number of allylic oxidation sites excluding steroid dienone is 2. The Morgan fingerprint density at radius 1 is 0.604 bits per heavy atom. The second-order valence-electron chi connectivity index (χ2n) is 13.7. The molecule has 2 atom stereocenters. The Bertz CT molecular complexity index is 2650. The molecule has 0 bridgehead atoms. The fourth-order valence-electron chi connectivity index (χ4n) is 8.31. The zero-order valence-electron chi connectivity index (χ0n) is 27.1. The first-order chi connectivity index (χ1) is 23.6. The quantitative estimate of drug-likeness (QED) is 0.189. The van der Waals surface area contributed by atoms with Gasteiger partial charge in [-0.05, 0) is 109 Å². The summed E-state index contributed by atoms with van der Waals surface area (Å²) in [6, 6.07) is 37.9. The Kier molecular flexibility index (Phi) is 6.16. The summed E-state index contributed by atoms with van der Waals surface area (Å²) in [4.78, 5) is 6.30. The molecule has 3 aromatic heterocycles. The standard InChI is InChI=1S/C45H34N2S/c1-27-16-19-32-35(22-21-31(38(32)24-27)29-10-4-3-5-11-29)43-34-13-7-6-12-33(34)42(39-25-28(2)17-20-36(39)43)30-18-23-41-46-44-37-14-8-9-15-40(37)48-45(44)47(41)26-30/h3-23,26-28H,24-25H2,1-2H3. The zero-order chi connectivity index (χ0) is 31.9. The van der Waals surface area contributed by atoms with Crippen LogP contribution in [0, 0.1) is 11.8 Å². The van der Waals surface area contributed by atoms with Gasteiger partial charge in [0.05, 0.1) is 0 Å². The molecule has 0 aliphatic heterocycles. The van der Waals surface area contributed by atoms with E-state index < -0.39 is 0 Å². The highest BCUT2D eigenvalue weighted by molar-refractivity contribution is 7.25. The Hall–Kier alpha value is -5.25. The van der Waals surface area contributed by atoms with Crippen molar-refractivity contribution in [2.24, 2.45) is 11.8 Å². The number of nitrogens with zero attached hydrogens (tertiary/aromatic N) is 2. The van der Waals surface area contributed by atoms with Crippen molar-refractivity contribution >= 4 is 60.3 Å². The van der Waals surface area contributed by atoms with Crippen LogP contribution in [0.3, 0.4) is 0 Å². The van der Waals surface area contributed by atoms with Crippen molar-refractivity contribution < 1.29 is 0 Å². The van der Waals surface area contributed by atoms with E-state index in [-0.39, 0.29) is 0 Å². The first-order valence-electron chi connectivity index (χ1n) is 17.1. The SMILES string of the molecule is CC1C=Cc2c(-c3c4c(c(-c5ccc6nc7c8ccccc8sc7n6c5)c5ccccc35)CC(C)C=C4)ccc(-c3ccccc3)c2C1. The predicted molar refractivity (Wildman–Crippen MR) is 206 cm³/mol. The summed E-state index contributed by atoms with van der Waals surface area (Å²) in [6.45, 7) is 4.68. The number of aromatic nitrogens is 2. The van der Waals surface area contributed by atoms with Gasteiger partial charge in [-0.1, -0.05) is 123 Å². The van der Waals surface area contributed by atoms with Gasteiger partial charge in [0, 0.05) is 16.3 Å². The molecule has 48 heavy (non-hydrogen) atoms. The minimum Gasteiger partial charge on any atom is -0.290 e. The molecule has 0 saturated carbocycles. The molecule has 2 aliphatic rings. The maximum absolute atomic E-state index is 5.08. The van der Waals surface area contributed by atoms with E-state index in [1.807, 2.05) is 11.3 Å². The summed E-state index contributed by atoms with van der Waals surface area (Å²) in [5.41, 5.74) is 15.7. The normalized spacial score (nSPS) is 17.0. The fourth-order valence-corrected chi connectivity index (χ4v) is 9.44. The van der Waals surface area contributed by atoms with Gasteiger partial charge >= 0.3 is 0 Å². The van der Waals surface area contributed by atoms with Gasteiger partial charge in [0.1, 0.15) is 16.0 Å². The van der Waals surface area contributed by atoms with Crippen LogP contribution in [0.15, 0.2) is 121 Å². The van der Waals surface area contributed by atoms with E-state index in [0.717, 1.165) is 24.0 Å². The van der Waals surface area contributed by atoms with Crippen molar-refractivity contribution in [3.63, 3.8) is 0 Å². The average molecular weight is 635 g/mol. The first-order valence-corrected chi connectivity index (χ1v) is 17.9. The molecule has 0 fully saturated rings. The lowest BCUT2D eigenvalue weighted by Crippen LogP contribution is -2.10. The molecule has 2 aliphatic carbocycles. The molecule has 8 aromatic rings. The molecule has 2 nitrogen and oxygen atoms in total. The number of pyridine rings is 1. The van der Waals surface area contributed by atoms with E-state index in [2.05, 4.69) is 152 Å². The minimum atomic E-state index is 0.464. The Balaban J connectivity index is 1.26. The molecule has 0 radical (unpaired) electrons. The van der Waals surface area contributed by atoms with E-state index in [4.69, 9.17) is 4.98 Å². The Morgan fingerprint density at radius 3 is 2.08 bits per heavy atom. The zero-order valence-corrected chi connectivity index (χ0v) is 27.9. The number of fused-ring (bicyclic) bond motifs is 8. The first kappa shape index (κ1) is 27.8. The number of benzene rings is 5. The lowest BCUT2D eigenvalue weighted by atomic mass is 9.75. The summed E-state index contributed by atoms with van der Waals surface area (Å²) in [5, 5.41) is 3.86. The number of hydrogen-bond donors (Lipinski definition) is 0. The summed E-state index contributed by atoms with van der Waals surface area (Å²) in [5.74, 6) is 0.973. The highest BCUT2D eigenvalue weighted by Crippen LogP contribution is 2.48. The molecule has 3 heterocycles. The number of hydrogen-bond acceptors (Lipinski definition) is 2. The molecule has 230 valence electrons. The third kappa shape index (κ3) is 4.14. The van der Waals surface area contributed by atoms with Crippen molar-refractivity contribution in [1.82, 2.24) is 9.38 Å². The monoisotopic (exact) mass is 634 g/mol. The van der Waals surface area contributed by atoms with E-state index in [1.165, 1.54) is 81.3 Å². The topological polar surface area (TPSA) is 17.3 Å². The van der Waals surface area contributed by atoms with Gasteiger partial charge in [0.2, 0.25) is 0 Å². The minimum absolute atomic E-state index is 0.464. The lowest BCUT2D eigenvalue weighted by molar-refractivity contribution is 0.718. The van der Waals surface area contributed by atoms with Crippen LogP contribution in [0.25, 0.3) is 82.4 Å². The molecule has 10 rings (SSSR count). The highest BCUT2D eigenvalue weighted by atomic mass is 32.1. The lowest BCUT2D eigenvalue weighted by Gasteiger charge is -2.28. The summed E-state index contributed by atoms with van der Waals surface area (Å²) in [7, 11) is 0. The predicted octanol–water partition coefficient (Wildman–Crippen LogP) is 12.3. The maximum atomic E-state index is 5.08. The number of imidazole rings is 1. The molecule has 0 saturated heterocycles. The van der Waals surface area contributed by atoms with Crippen molar-refractivity contribution in [1.29, 1.82) is 0 Å². The van der Waals surface area contributed by atoms with Gasteiger partial charge in [0.25, 0.3) is 0 Å². The number of thiophene rings is 1.